The smallest absolute Gasteiger partial charge is 0.236 e. The highest BCUT2D eigenvalue weighted by Crippen LogP contribution is 2.38. The largest absolute Gasteiger partial charge is 0.490 e. The molecule has 0 saturated heterocycles. The van der Waals surface area contributed by atoms with E-state index in [4.69, 9.17) is 4.74 Å². The molecule has 0 aliphatic carbocycles. The van der Waals surface area contributed by atoms with Crippen LogP contribution in [0.15, 0.2) is 42.5 Å². The van der Waals surface area contributed by atoms with Crippen LogP contribution in [-0.2, 0) is 20.6 Å². The van der Waals surface area contributed by atoms with E-state index < -0.39 is 15.4 Å². The number of ether oxygens (including phenoxy) is 1. The number of carbonyl (C=O) groups excluding carboxylic acids is 1. The maximum absolute atomic E-state index is 13.0. The number of fused-ring (bicyclic) bond motifs is 1. The van der Waals surface area contributed by atoms with Crippen LogP contribution in [0.25, 0.3) is 0 Å². The van der Waals surface area contributed by atoms with Gasteiger partial charge >= 0.3 is 0 Å². The zero-order chi connectivity index (χ0) is 22.1. The highest BCUT2D eigenvalue weighted by Gasteiger charge is 2.38. The van der Waals surface area contributed by atoms with Gasteiger partial charge in [0.2, 0.25) is 15.9 Å². The molecule has 0 atom stereocenters. The van der Waals surface area contributed by atoms with Crippen LogP contribution in [0.1, 0.15) is 38.8 Å². The Bertz CT molecular complexity index is 1040. The van der Waals surface area contributed by atoms with Gasteiger partial charge in [-0.05, 0) is 44.4 Å². The summed E-state index contributed by atoms with van der Waals surface area (Å²) in [7, 11) is -3.59. The number of rotatable bonds is 6. The molecule has 1 amide bonds. The number of anilines is 2. The molecule has 1 aliphatic rings. The summed E-state index contributed by atoms with van der Waals surface area (Å²) < 4.78 is 33.9. The summed E-state index contributed by atoms with van der Waals surface area (Å²) in [5.41, 5.74) is 2.15. The number of benzene rings is 2. The van der Waals surface area contributed by atoms with Gasteiger partial charge in [-0.15, -0.1) is 0 Å². The molecule has 6 nitrogen and oxygen atoms in total. The molecule has 0 bridgehead atoms. The highest BCUT2D eigenvalue weighted by atomic mass is 32.2. The first-order valence-corrected chi connectivity index (χ1v) is 11.8. The summed E-state index contributed by atoms with van der Waals surface area (Å²) in [6.45, 7) is 10.6. The predicted molar refractivity (Wildman–Crippen MR) is 120 cm³/mol. The number of aryl methyl sites for hydroxylation is 1. The standard InChI is InChI=1S/C23H30N2O4S/c1-16(2)13-25-20-10-9-19(12-21(20)29-15-23(4,5)22(25)26)24-30(27,28)14-18-8-6-7-17(3)11-18/h6-12,16,24H,13-15H2,1-5H3. The van der Waals surface area contributed by atoms with Gasteiger partial charge in [0.05, 0.1) is 22.5 Å². The molecule has 1 heterocycles. The monoisotopic (exact) mass is 430 g/mol. The molecule has 0 spiro atoms. The summed E-state index contributed by atoms with van der Waals surface area (Å²) in [5.74, 6) is 0.675. The molecule has 0 unspecified atom stereocenters. The summed E-state index contributed by atoms with van der Waals surface area (Å²) >= 11 is 0. The van der Waals surface area contributed by atoms with Crippen molar-refractivity contribution in [3.05, 3.63) is 53.6 Å². The second-order valence-corrected chi connectivity index (χ2v) is 10.7. The summed E-state index contributed by atoms with van der Waals surface area (Å²) in [4.78, 5) is 14.8. The van der Waals surface area contributed by atoms with Crippen LogP contribution in [0, 0.1) is 18.3 Å². The average Bonchev–Trinajstić information content (AvgIpc) is 2.71. The number of carbonyl (C=O) groups is 1. The van der Waals surface area contributed by atoms with E-state index in [1.165, 1.54) is 0 Å². The first kappa shape index (κ1) is 22.2. The number of sulfonamides is 1. The molecular formula is C23H30N2O4S. The van der Waals surface area contributed by atoms with E-state index in [9.17, 15) is 13.2 Å². The van der Waals surface area contributed by atoms with Crippen LogP contribution in [-0.4, -0.2) is 27.5 Å². The quantitative estimate of drug-likeness (QED) is 0.739. The van der Waals surface area contributed by atoms with Crippen molar-refractivity contribution in [2.24, 2.45) is 11.3 Å². The number of nitrogens with zero attached hydrogens (tertiary/aromatic N) is 1. The van der Waals surface area contributed by atoms with Crippen LogP contribution < -0.4 is 14.4 Å². The van der Waals surface area contributed by atoms with Crippen molar-refractivity contribution in [3.8, 4) is 5.75 Å². The Morgan fingerprint density at radius 2 is 1.90 bits per heavy atom. The van der Waals surface area contributed by atoms with Crippen molar-refractivity contribution in [1.82, 2.24) is 0 Å². The lowest BCUT2D eigenvalue weighted by Crippen LogP contribution is -2.43. The number of amides is 1. The van der Waals surface area contributed by atoms with Crippen molar-refractivity contribution in [2.75, 3.05) is 22.8 Å². The second kappa shape index (κ2) is 8.30. The van der Waals surface area contributed by atoms with E-state index in [0.29, 0.717) is 23.7 Å². The Morgan fingerprint density at radius 3 is 2.57 bits per heavy atom. The molecule has 3 rings (SSSR count). The molecular weight excluding hydrogens is 400 g/mol. The van der Waals surface area contributed by atoms with Crippen LogP contribution in [0.2, 0.25) is 0 Å². The van der Waals surface area contributed by atoms with Crippen molar-refractivity contribution in [1.29, 1.82) is 0 Å². The number of hydrogen-bond donors (Lipinski definition) is 1. The van der Waals surface area contributed by atoms with E-state index in [0.717, 1.165) is 11.1 Å². The van der Waals surface area contributed by atoms with E-state index in [2.05, 4.69) is 18.6 Å². The molecule has 2 aromatic rings. The van der Waals surface area contributed by atoms with Crippen molar-refractivity contribution < 1.29 is 17.9 Å². The lowest BCUT2D eigenvalue weighted by Gasteiger charge is -2.29. The minimum Gasteiger partial charge on any atom is -0.490 e. The lowest BCUT2D eigenvalue weighted by molar-refractivity contribution is -0.127. The van der Waals surface area contributed by atoms with Gasteiger partial charge in [0.15, 0.2) is 0 Å². The molecule has 1 aliphatic heterocycles. The van der Waals surface area contributed by atoms with E-state index >= 15 is 0 Å². The molecule has 7 heteroatoms. The predicted octanol–water partition coefficient (Wildman–Crippen LogP) is 4.34. The van der Waals surface area contributed by atoms with Gasteiger partial charge in [0.25, 0.3) is 0 Å². The molecule has 162 valence electrons. The maximum atomic E-state index is 13.0. The first-order valence-electron chi connectivity index (χ1n) is 10.1. The van der Waals surface area contributed by atoms with Gasteiger partial charge in [-0.25, -0.2) is 8.42 Å². The second-order valence-electron chi connectivity index (χ2n) is 9.01. The molecule has 0 aromatic heterocycles. The minimum atomic E-state index is -3.59. The molecule has 2 aromatic carbocycles. The zero-order valence-electron chi connectivity index (χ0n) is 18.2. The fourth-order valence-electron chi connectivity index (χ4n) is 3.49. The van der Waals surface area contributed by atoms with Gasteiger partial charge < -0.3 is 9.64 Å². The van der Waals surface area contributed by atoms with Gasteiger partial charge in [0.1, 0.15) is 12.4 Å². The maximum Gasteiger partial charge on any atom is 0.236 e. The fraction of sp³-hybridized carbons (Fsp3) is 0.435. The van der Waals surface area contributed by atoms with Crippen LogP contribution >= 0.6 is 0 Å². The topological polar surface area (TPSA) is 75.7 Å². The molecule has 30 heavy (non-hydrogen) atoms. The third-order valence-corrected chi connectivity index (χ3v) is 6.18. The molecule has 1 N–H and O–H groups in total. The fourth-order valence-corrected chi connectivity index (χ4v) is 4.67. The van der Waals surface area contributed by atoms with Crippen LogP contribution in [0.4, 0.5) is 11.4 Å². The van der Waals surface area contributed by atoms with Gasteiger partial charge in [-0.2, -0.15) is 0 Å². The first-order chi connectivity index (χ1) is 14.0. The number of hydrogen-bond acceptors (Lipinski definition) is 4. The Morgan fingerprint density at radius 1 is 1.17 bits per heavy atom. The van der Waals surface area contributed by atoms with E-state index in [1.54, 1.807) is 29.2 Å². The molecule has 0 saturated carbocycles. The van der Waals surface area contributed by atoms with Crippen molar-refractivity contribution in [3.63, 3.8) is 0 Å². The van der Waals surface area contributed by atoms with Crippen molar-refractivity contribution in [2.45, 2.75) is 40.4 Å². The minimum absolute atomic E-state index is 0.00253. The van der Waals surface area contributed by atoms with E-state index in [1.807, 2.05) is 39.0 Å². The van der Waals surface area contributed by atoms with Gasteiger partial charge in [0, 0.05) is 12.6 Å². The summed E-state index contributed by atoms with van der Waals surface area (Å²) in [6, 6.07) is 12.5. The Labute approximate surface area is 179 Å². The summed E-state index contributed by atoms with van der Waals surface area (Å²) in [5, 5.41) is 0. The van der Waals surface area contributed by atoms with Gasteiger partial charge in [-0.3, -0.25) is 9.52 Å². The average molecular weight is 431 g/mol. The zero-order valence-corrected chi connectivity index (χ0v) is 19.0. The highest BCUT2D eigenvalue weighted by molar-refractivity contribution is 7.91. The van der Waals surface area contributed by atoms with Gasteiger partial charge in [-0.1, -0.05) is 43.7 Å². The Balaban J connectivity index is 1.88. The molecule has 0 radical (unpaired) electrons. The normalized spacial score (nSPS) is 16.1. The van der Waals surface area contributed by atoms with E-state index in [-0.39, 0.29) is 24.2 Å². The SMILES string of the molecule is Cc1cccc(CS(=O)(=O)Nc2ccc3c(c2)OCC(C)(C)C(=O)N3CC(C)C)c1. The number of nitrogens with one attached hydrogen (secondary N) is 1. The summed E-state index contributed by atoms with van der Waals surface area (Å²) in [6.07, 6.45) is 0. The Hall–Kier alpha value is -2.54. The lowest BCUT2D eigenvalue weighted by atomic mass is 9.92. The van der Waals surface area contributed by atoms with Crippen molar-refractivity contribution >= 4 is 27.3 Å². The third kappa shape index (κ3) is 5.14. The third-order valence-electron chi connectivity index (χ3n) is 4.92. The molecule has 0 fully saturated rings. The van der Waals surface area contributed by atoms with Crippen LogP contribution in [0.5, 0.6) is 5.75 Å². The Kier molecular flexibility index (Phi) is 6.13. The van der Waals surface area contributed by atoms with Crippen LogP contribution in [0.3, 0.4) is 0 Å².